The number of carbonyl (C=O) groups excluding carboxylic acids is 6. The van der Waals surface area contributed by atoms with Crippen LogP contribution in [0.4, 0.5) is 0 Å². The third kappa shape index (κ3) is 8.78. The summed E-state index contributed by atoms with van der Waals surface area (Å²) in [4.78, 5) is 97.9. The number of nitrogens with two attached hydrogens (primary N) is 1. The molecule has 2 saturated heterocycles. The molecular weight excluding hydrogens is 767 g/mol. The molecule has 0 bridgehead atoms. The highest BCUT2D eigenvalue weighted by Crippen LogP contribution is 2.41. The van der Waals surface area contributed by atoms with E-state index < -0.39 is 70.5 Å². The quantitative estimate of drug-likeness (QED) is 0.145. The predicted octanol–water partition coefficient (Wildman–Crippen LogP) is 0.580. The van der Waals surface area contributed by atoms with Crippen LogP contribution in [0.1, 0.15) is 30.3 Å². The zero-order chi connectivity index (χ0) is 39.3. The number of carbonyl (C=O) groups is 8. The number of thioether (sulfide) groups is 2. The Hall–Kier alpha value is -5.18. The Bertz CT molecular complexity index is 1920. The molecule has 286 valence electrons. The number of fused-ring (bicyclic) bond motifs is 2. The molecule has 0 aliphatic carbocycles. The lowest BCUT2D eigenvalue weighted by Gasteiger charge is -2.49. The van der Waals surface area contributed by atoms with Crippen molar-refractivity contribution in [2.24, 2.45) is 5.73 Å². The van der Waals surface area contributed by atoms with Gasteiger partial charge in [0, 0.05) is 41.4 Å². The second-order valence-corrected chi connectivity index (χ2v) is 15.3. The van der Waals surface area contributed by atoms with Gasteiger partial charge < -0.3 is 36.1 Å². The highest BCUT2D eigenvalue weighted by atomic mass is 32.2. The van der Waals surface area contributed by atoms with Crippen LogP contribution in [-0.4, -0.2) is 115 Å². The Labute approximate surface area is 320 Å². The Kier molecular flexibility index (Phi) is 12.8. The Morgan fingerprint density at radius 1 is 0.796 bits per heavy atom. The molecule has 54 heavy (non-hydrogen) atoms. The summed E-state index contributed by atoms with van der Waals surface area (Å²) in [5.41, 5.74) is 6.89. The number of nitrogens with zero attached hydrogens (tertiary/aromatic N) is 2. The van der Waals surface area contributed by atoms with Crippen molar-refractivity contribution in [2.45, 2.75) is 49.1 Å². The fourth-order valence-corrected chi connectivity index (χ4v) is 9.17. The summed E-state index contributed by atoms with van der Waals surface area (Å²) < 4.78 is 9.75. The van der Waals surface area contributed by atoms with E-state index in [1.807, 2.05) is 17.5 Å². The second-order valence-electron chi connectivity index (χ2n) is 12.1. The van der Waals surface area contributed by atoms with Crippen LogP contribution < -0.4 is 16.4 Å². The molecule has 2 fully saturated rings. The smallest absolute Gasteiger partial charge is 0.352 e. The summed E-state index contributed by atoms with van der Waals surface area (Å²) >= 11 is 4.08. The number of benzene rings is 1. The van der Waals surface area contributed by atoms with Crippen LogP contribution in [0.5, 0.6) is 0 Å². The summed E-state index contributed by atoms with van der Waals surface area (Å²) in [5.74, 6) is -4.85. The molecule has 20 heteroatoms. The minimum Gasteiger partial charge on any atom is -0.477 e. The lowest BCUT2D eigenvalue weighted by atomic mass is 10.0. The molecule has 2 aromatic rings. The van der Waals surface area contributed by atoms with Crippen molar-refractivity contribution < 1.29 is 58.0 Å². The maximum atomic E-state index is 12.5. The monoisotopic (exact) mass is 801 g/mol. The summed E-state index contributed by atoms with van der Waals surface area (Å²) in [6, 6.07) is 9.85. The minimum absolute atomic E-state index is 0.163. The highest BCUT2D eigenvalue weighted by Gasteiger charge is 2.55. The van der Waals surface area contributed by atoms with E-state index in [1.165, 1.54) is 48.7 Å². The van der Waals surface area contributed by atoms with Crippen molar-refractivity contribution in [2.75, 3.05) is 24.7 Å². The first-order valence-electron chi connectivity index (χ1n) is 16.2. The van der Waals surface area contributed by atoms with Crippen LogP contribution in [0, 0.1) is 0 Å². The van der Waals surface area contributed by atoms with Crippen LogP contribution in [0.15, 0.2) is 70.4 Å². The minimum atomic E-state index is -1.29. The first kappa shape index (κ1) is 40.0. The fraction of sp³-hybridized carbons (Fsp3) is 0.353. The maximum Gasteiger partial charge on any atom is 0.352 e. The number of hydrogen-bond donors (Lipinski definition) is 5. The lowest BCUT2D eigenvalue weighted by molar-refractivity contribution is -0.151. The predicted molar refractivity (Wildman–Crippen MR) is 194 cm³/mol. The van der Waals surface area contributed by atoms with Crippen LogP contribution in [0.2, 0.25) is 0 Å². The van der Waals surface area contributed by atoms with Gasteiger partial charge in [-0.2, -0.15) is 0 Å². The van der Waals surface area contributed by atoms with E-state index in [9.17, 15) is 48.6 Å². The van der Waals surface area contributed by atoms with Gasteiger partial charge in [0.15, 0.2) is 0 Å². The lowest BCUT2D eigenvalue weighted by Crippen LogP contribution is -2.71. The summed E-state index contributed by atoms with van der Waals surface area (Å²) in [7, 11) is 0. The van der Waals surface area contributed by atoms with Crippen LogP contribution in [0.3, 0.4) is 0 Å². The van der Waals surface area contributed by atoms with Gasteiger partial charge in [0.05, 0.1) is 6.42 Å². The first-order valence-corrected chi connectivity index (χ1v) is 19.2. The van der Waals surface area contributed by atoms with E-state index in [0.717, 1.165) is 14.7 Å². The standard InChI is InChI=1S/C18H19N3O6S.C16H16N2O6S2/c1-9(22)27-7-11-8-28-17-13(16(24)21(17)14(11)18(25)26)20-15(23)12(19)10-5-3-2-4-6-10;1-8(19)24-6-9-7-26-15-12(14(21)18(15)13(9)16(22)23)17-11(20)5-10-3-2-4-25-10/h2-6,12-13,17H,7-8,19H2,1H3,(H,20,23)(H,25,26);2-4,12,15H,5-7H2,1H3,(H,17,20)(H,22,23)/t12-,13-,17-;12-,15-/m11/s1. The molecule has 0 saturated carbocycles. The number of carboxylic acids is 2. The van der Waals surface area contributed by atoms with Gasteiger partial charge in [0.2, 0.25) is 11.8 Å². The number of nitrogens with one attached hydrogen (secondary N) is 2. The van der Waals surface area contributed by atoms with Gasteiger partial charge in [-0.25, -0.2) is 9.59 Å². The van der Waals surface area contributed by atoms with E-state index in [1.54, 1.807) is 30.3 Å². The molecule has 4 aliphatic rings. The molecule has 17 nitrogen and oxygen atoms in total. The van der Waals surface area contributed by atoms with E-state index in [-0.39, 0.29) is 42.7 Å². The van der Waals surface area contributed by atoms with Crippen molar-refractivity contribution >= 4 is 82.4 Å². The van der Waals surface area contributed by atoms with Crippen molar-refractivity contribution in [1.29, 1.82) is 0 Å². The Morgan fingerprint density at radius 2 is 1.30 bits per heavy atom. The largest absolute Gasteiger partial charge is 0.477 e. The fourth-order valence-electron chi connectivity index (χ4n) is 5.82. The van der Waals surface area contributed by atoms with Crippen LogP contribution >= 0.6 is 34.9 Å². The van der Waals surface area contributed by atoms with Gasteiger partial charge >= 0.3 is 23.9 Å². The number of carboxylic acid groups (broad SMARTS) is 2. The molecular formula is C34H35N5O12S3. The molecule has 0 spiro atoms. The number of β-lactam (4-membered cyclic amide) rings is 2. The van der Waals surface area contributed by atoms with E-state index in [4.69, 9.17) is 15.2 Å². The van der Waals surface area contributed by atoms with Gasteiger partial charge in [-0.15, -0.1) is 34.9 Å². The van der Waals surface area contributed by atoms with Crippen molar-refractivity contribution in [3.8, 4) is 0 Å². The van der Waals surface area contributed by atoms with Gasteiger partial charge in [0.1, 0.15) is 53.5 Å². The van der Waals surface area contributed by atoms with Crippen molar-refractivity contribution in [3.63, 3.8) is 0 Å². The third-order valence-corrected chi connectivity index (χ3v) is 11.9. The SMILES string of the molecule is CC(=O)OCC1=C(C(=O)O)N2C(=O)[C@@H](NC(=O)Cc3cccs3)[C@H]2SC1.CC(=O)OCC1=C(C(=O)O)N2C(=O)[C@@H](NC(=O)[C@H](N)c3ccccc3)[C@H]2SC1. The third-order valence-electron chi connectivity index (χ3n) is 8.37. The number of aliphatic carboxylic acids is 2. The van der Waals surface area contributed by atoms with Gasteiger partial charge in [-0.3, -0.25) is 38.6 Å². The number of ether oxygens (including phenoxy) is 2. The number of esters is 2. The molecule has 4 amide bonds. The van der Waals surface area contributed by atoms with Crippen molar-refractivity contribution in [3.05, 3.63) is 80.8 Å². The topological polar surface area (TPSA) is 252 Å². The van der Waals surface area contributed by atoms with Gasteiger partial charge in [-0.05, 0) is 17.0 Å². The molecule has 6 N–H and O–H groups in total. The van der Waals surface area contributed by atoms with E-state index >= 15 is 0 Å². The molecule has 0 unspecified atom stereocenters. The zero-order valence-electron chi connectivity index (χ0n) is 28.7. The number of amides is 4. The van der Waals surface area contributed by atoms with Crippen LogP contribution in [-0.2, 0) is 54.3 Å². The average Bonchev–Trinajstić information content (AvgIpc) is 3.66. The molecule has 0 radical (unpaired) electrons. The van der Waals surface area contributed by atoms with E-state index in [2.05, 4.69) is 10.6 Å². The van der Waals surface area contributed by atoms with Gasteiger partial charge in [-0.1, -0.05) is 36.4 Å². The average molecular weight is 802 g/mol. The molecule has 1 aromatic carbocycles. The summed E-state index contributed by atoms with van der Waals surface area (Å²) in [6.45, 7) is 2.08. The zero-order valence-corrected chi connectivity index (χ0v) is 31.2. The molecule has 5 heterocycles. The Balaban J connectivity index is 0.000000208. The first-order chi connectivity index (χ1) is 25.7. The molecule has 5 atom stereocenters. The summed E-state index contributed by atoms with van der Waals surface area (Å²) in [5, 5.41) is 25.1. The van der Waals surface area contributed by atoms with Gasteiger partial charge in [0.25, 0.3) is 11.8 Å². The molecule has 6 rings (SSSR count). The number of thiophene rings is 1. The summed E-state index contributed by atoms with van der Waals surface area (Å²) in [6.07, 6.45) is 0.179. The van der Waals surface area contributed by atoms with E-state index in [0.29, 0.717) is 22.5 Å². The van der Waals surface area contributed by atoms with Crippen molar-refractivity contribution in [1.82, 2.24) is 20.4 Å². The molecule has 1 aromatic heterocycles. The number of rotatable bonds is 12. The second kappa shape index (κ2) is 17.3. The van der Waals surface area contributed by atoms with Crippen LogP contribution in [0.25, 0.3) is 0 Å². The number of hydrogen-bond acceptors (Lipinski definition) is 14. The maximum absolute atomic E-state index is 12.5. The molecule has 4 aliphatic heterocycles. The normalized spacial score (nSPS) is 21.9. The Morgan fingerprint density at radius 3 is 1.74 bits per heavy atom. The highest BCUT2D eigenvalue weighted by molar-refractivity contribution is 8.00.